The molecule has 2 heterocycles. The molecule has 1 fully saturated rings. The standard InChI is InChI=1S/C11H13F2NO5S2/c12-11(13)19-7-2-1-3-14(5-7)21(17,18)8-4-9(10(15)16)20-6-8/h4,6-7,11H,1-3,5H2,(H,15,16). The van der Waals surface area contributed by atoms with Crippen molar-refractivity contribution in [1.82, 2.24) is 4.31 Å². The van der Waals surface area contributed by atoms with Crippen molar-refractivity contribution in [2.45, 2.75) is 30.5 Å². The van der Waals surface area contributed by atoms with Crippen LogP contribution in [0.15, 0.2) is 16.3 Å². The van der Waals surface area contributed by atoms with Crippen LogP contribution in [0.4, 0.5) is 8.78 Å². The van der Waals surface area contributed by atoms with Gasteiger partial charge < -0.3 is 9.84 Å². The molecular formula is C11H13F2NO5S2. The van der Waals surface area contributed by atoms with Gasteiger partial charge in [-0.1, -0.05) is 0 Å². The second-order valence-electron chi connectivity index (χ2n) is 4.48. The van der Waals surface area contributed by atoms with Gasteiger partial charge in [-0.2, -0.15) is 13.1 Å². The molecule has 0 spiro atoms. The molecule has 0 bridgehead atoms. The Labute approximate surface area is 124 Å². The highest BCUT2D eigenvalue weighted by atomic mass is 32.2. The van der Waals surface area contributed by atoms with E-state index >= 15 is 0 Å². The summed E-state index contributed by atoms with van der Waals surface area (Å²) in [6, 6.07) is 1.07. The van der Waals surface area contributed by atoms with E-state index in [1.807, 2.05) is 0 Å². The van der Waals surface area contributed by atoms with Crippen molar-refractivity contribution < 1.29 is 31.8 Å². The Hall–Kier alpha value is -1.10. The van der Waals surface area contributed by atoms with Crippen molar-refractivity contribution in [3.63, 3.8) is 0 Å². The Balaban J connectivity index is 2.16. The van der Waals surface area contributed by atoms with Crippen LogP contribution in [-0.4, -0.2) is 49.6 Å². The minimum Gasteiger partial charge on any atom is -0.477 e. The fourth-order valence-electron chi connectivity index (χ4n) is 2.10. The molecule has 1 N–H and O–H groups in total. The van der Waals surface area contributed by atoms with Gasteiger partial charge in [0.1, 0.15) is 4.88 Å². The number of carbonyl (C=O) groups is 1. The second kappa shape index (κ2) is 6.34. The highest BCUT2D eigenvalue weighted by Crippen LogP contribution is 2.26. The fourth-order valence-corrected chi connectivity index (χ4v) is 4.70. The van der Waals surface area contributed by atoms with Gasteiger partial charge in [0, 0.05) is 18.5 Å². The highest BCUT2D eigenvalue weighted by Gasteiger charge is 2.32. The summed E-state index contributed by atoms with van der Waals surface area (Å²) >= 11 is 0.803. The first-order chi connectivity index (χ1) is 9.80. The Morgan fingerprint density at radius 2 is 2.24 bits per heavy atom. The lowest BCUT2D eigenvalue weighted by Crippen LogP contribution is -2.43. The van der Waals surface area contributed by atoms with Crippen LogP contribution in [0.1, 0.15) is 22.5 Å². The number of thiophene rings is 1. The average molecular weight is 341 g/mol. The third-order valence-electron chi connectivity index (χ3n) is 3.06. The minimum atomic E-state index is -3.89. The molecule has 1 saturated heterocycles. The van der Waals surface area contributed by atoms with Gasteiger partial charge in [-0.25, -0.2) is 13.2 Å². The first-order valence-corrected chi connectivity index (χ1v) is 8.38. The molecule has 1 unspecified atom stereocenters. The molecule has 2 rings (SSSR count). The number of alkyl halides is 2. The van der Waals surface area contributed by atoms with E-state index in [4.69, 9.17) is 5.11 Å². The number of halogens is 2. The summed E-state index contributed by atoms with van der Waals surface area (Å²) < 4.78 is 54.5. The number of carboxylic acids is 1. The van der Waals surface area contributed by atoms with E-state index in [0.717, 1.165) is 21.7 Å². The summed E-state index contributed by atoms with van der Waals surface area (Å²) in [6.45, 7) is -2.91. The Bertz CT molecular complexity index is 616. The van der Waals surface area contributed by atoms with Crippen LogP contribution < -0.4 is 0 Å². The van der Waals surface area contributed by atoms with Crippen LogP contribution >= 0.6 is 11.3 Å². The van der Waals surface area contributed by atoms with Crippen molar-refractivity contribution in [3.05, 3.63) is 16.3 Å². The summed E-state index contributed by atoms with van der Waals surface area (Å²) in [4.78, 5) is 10.6. The predicted molar refractivity (Wildman–Crippen MR) is 70.1 cm³/mol. The number of rotatable bonds is 5. The topological polar surface area (TPSA) is 83.9 Å². The van der Waals surface area contributed by atoms with Crippen molar-refractivity contribution in [2.24, 2.45) is 0 Å². The Kier molecular flexibility index (Phi) is 4.91. The Morgan fingerprint density at radius 3 is 2.81 bits per heavy atom. The average Bonchev–Trinajstić information content (AvgIpc) is 2.88. The molecule has 1 atom stereocenters. The molecule has 0 aromatic carbocycles. The molecule has 1 aromatic heterocycles. The molecule has 0 aliphatic carbocycles. The molecule has 0 amide bonds. The third kappa shape index (κ3) is 3.76. The van der Waals surface area contributed by atoms with Crippen molar-refractivity contribution in [2.75, 3.05) is 13.1 Å². The van der Waals surface area contributed by atoms with E-state index < -0.39 is 28.7 Å². The first-order valence-electron chi connectivity index (χ1n) is 6.06. The predicted octanol–water partition coefficient (Wildman–Crippen LogP) is 1.84. The fraction of sp³-hybridized carbons (Fsp3) is 0.545. The molecular weight excluding hydrogens is 328 g/mol. The maximum atomic E-state index is 12.4. The van der Waals surface area contributed by atoms with Crippen LogP contribution in [0.3, 0.4) is 0 Å². The zero-order valence-corrected chi connectivity index (χ0v) is 12.4. The van der Waals surface area contributed by atoms with Gasteiger partial charge in [0.2, 0.25) is 10.0 Å². The van der Waals surface area contributed by atoms with E-state index in [9.17, 15) is 22.0 Å². The van der Waals surface area contributed by atoms with E-state index in [2.05, 4.69) is 4.74 Å². The molecule has 1 aliphatic rings. The summed E-state index contributed by atoms with van der Waals surface area (Å²) in [5.74, 6) is -1.21. The molecule has 118 valence electrons. The summed E-state index contributed by atoms with van der Waals surface area (Å²) in [6.07, 6.45) is -0.0847. The van der Waals surface area contributed by atoms with Crippen LogP contribution in [0.2, 0.25) is 0 Å². The second-order valence-corrected chi connectivity index (χ2v) is 7.33. The van der Waals surface area contributed by atoms with Gasteiger partial charge in [-0.15, -0.1) is 11.3 Å². The molecule has 6 nitrogen and oxygen atoms in total. The normalized spacial score (nSPS) is 20.8. The van der Waals surface area contributed by atoms with Crippen molar-refractivity contribution in [3.8, 4) is 0 Å². The van der Waals surface area contributed by atoms with E-state index in [-0.39, 0.29) is 22.9 Å². The molecule has 21 heavy (non-hydrogen) atoms. The first kappa shape index (κ1) is 16.3. The third-order valence-corrected chi connectivity index (χ3v) is 5.97. The summed E-state index contributed by atoms with van der Waals surface area (Å²) in [5, 5.41) is 10.0. The molecule has 1 aliphatic heterocycles. The highest BCUT2D eigenvalue weighted by molar-refractivity contribution is 7.89. The van der Waals surface area contributed by atoms with Gasteiger partial charge in [0.15, 0.2) is 0 Å². The van der Waals surface area contributed by atoms with Gasteiger partial charge in [-0.3, -0.25) is 0 Å². The number of nitrogens with zero attached hydrogens (tertiary/aromatic N) is 1. The van der Waals surface area contributed by atoms with E-state index in [1.54, 1.807) is 0 Å². The zero-order chi connectivity index (χ0) is 15.6. The van der Waals surface area contributed by atoms with Gasteiger partial charge in [0.25, 0.3) is 0 Å². The molecule has 0 saturated carbocycles. The summed E-state index contributed by atoms with van der Waals surface area (Å²) in [7, 11) is -3.89. The number of hydrogen-bond donors (Lipinski definition) is 1. The zero-order valence-electron chi connectivity index (χ0n) is 10.7. The van der Waals surface area contributed by atoms with Gasteiger partial charge in [0.05, 0.1) is 11.0 Å². The maximum absolute atomic E-state index is 12.4. The summed E-state index contributed by atoms with van der Waals surface area (Å²) in [5.41, 5.74) is 0. The lowest BCUT2D eigenvalue weighted by atomic mass is 10.1. The van der Waals surface area contributed by atoms with Crippen molar-refractivity contribution >= 4 is 27.3 Å². The number of hydrogen-bond acceptors (Lipinski definition) is 5. The molecule has 1 aromatic rings. The lowest BCUT2D eigenvalue weighted by molar-refractivity contribution is -0.170. The van der Waals surface area contributed by atoms with Crippen LogP contribution in [0.5, 0.6) is 0 Å². The largest absolute Gasteiger partial charge is 0.477 e. The van der Waals surface area contributed by atoms with Crippen molar-refractivity contribution in [1.29, 1.82) is 0 Å². The SMILES string of the molecule is O=C(O)c1cc(S(=O)(=O)N2CCCC(OC(F)F)C2)cs1. The van der Waals surface area contributed by atoms with Gasteiger partial charge >= 0.3 is 12.6 Å². The van der Waals surface area contributed by atoms with Crippen LogP contribution in [-0.2, 0) is 14.8 Å². The number of ether oxygens (including phenoxy) is 1. The maximum Gasteiger partial charge on any atom is 0.345 e. The van der Waals surface area contributed by atoms with Crippen LogP contribution in [0, 0.1) is 0 Å². The number of piperidine rings is 1. The van der Waals surface area contributed by atoms with E-state index in [1.165, 1.54) is 5.38 Å². The molecule has 0 radical (unpaired) electrons. The lowest BCUT2D eigenvalue weighted by Gasteiger charge is -2.31. The monoisotopic (exact) mass is 341 g/mol. The number of aromatic carboxylic acids is 1. The number of sulfonamides is 1. The number of carboxylic acid groups (broad SMARTS) is 1. The van der Waals surface area contributed by atoms with Crippen LogP contribution in [0.25, 0.3) is 0 Å². The quantitative estimate of drug-likeness (QED) is 0.883. The smallest absolute Gasteiger partial charge is 0.345 e. The molecule has 10 heteroatoms. The van der Waals surface area contributed by atoms with E-state index in [0.29, 0.717) is 12.8 Å². The Morgan fingerprint density at radius 1 is 1.52 bits per heavy atom. The van der Waals surface area contributed by atoms with Gasteiger partial charge in [-0.05, 0) is 18.9 Å². The minimum absolute atomic E-state index is 0.0917.